The van der Waals surface area contributed by atoms with Gasteiger partial charge in [0.05, 0.1) is 4.99 Å². The summed E-state index contributed by atoms with van der Waals surface area (Å²) in [5.74, 6) is 0. The van der Waals surface area contributed by atoms with Crippen molar-refractivity contribution in [3.05, 3.63) is 21.9 Å². The van der Waals surface area contributed by atoms with E-state index < -0.39 is 0 Å². The number of thiophene rings is 1. The van der Waals surface area contributed by atoms with E-state index >= 15 is 0 Å². The summed E-state index contributed by atoms with van der Waals surface area (Å²) >= 11 is 6.60. The molecule has 0 amide bonds. The summed E-state index contributed by atoms with van der Waals surface area (Å²) in [4.78, 5) is 3.33. The Morgan fingerprint density at radius 2 is 2.36 bits per heavy atom. The summed E-state index contributed by atoms with van der Waals surface area (Å²) in [6, 6.07) is 4.26. The van der Waals surface area contributed by atoms with E-state index in [0.29, 0.717) is 4.99 Å². The summed E-state index contributed by atoms with van der Waals surface area (Å²) in [6.45, 7) is 2.11. The third-order valence-corrected chi connectivity index (χ3v) is 2.68. The molecule has 3 heteroatoms. The van der Waals surface area contributed by atoms with Gasteiger partial charge in [-0.05, 0) is 25.5 Å². The molecule has 0 spiro atoms. The van der Waals surface area contributed by atoms with Crippen molar-refractivity contribution >= 4 is 28.5 Å². The average Bonchev–Trinajstić information content (AvgIpc) is 2.31. The maximum absolute atomic E-state index is 5.38. The van der Waals surface area contributed by atoms with Crippen LogP contribution in [0, 0.1) is 6.92 Å². The van der Waals surface area contributed by atoms with Crippen LogP contribution in [-0.2, 0) is 6.42 Å². The first-order valence-corrected chi connectivity index (χ1v) is 4.74. The third kappa shape index (κ3) is 2.99. The fourth-order valence-electron chi connectivity index (χ4n) is 0.866. The van der Waals surface area contributed by atoms with Crippen LogP contribution < -0.4 is 5.73 Å². The molecule has 60 valence electrons. The number of hydrogen-bond donors (Lipinski definition) is 1. The number of nitrogens with two attached hydrogens (primary N) is 1. The van der Waals surface area contributed by atoms with Crippen LogP contribution in [0.3, 0.4) is 0 Å². The molecule has 0 saturated carbocycles. The van der Waals surface area contributed by atoms with Gasteiger partial charge in [0.25, 0.3) is 0 Å². The standard InChI is InChI=1S/C8H11NS2/c1-6-2-3-7(11-6)4-5-8(9)10/h2-3H,4-5H2,1H3,(H2,9,10). The van der Waals surface area contributed by atoms with Crippen molar-refractivity contribution in [2.24, 2.45) is 5.73 Å². The van der Waals surface area contributed by atoms with Crippen LogP contribution in [0.1, 0.15) is 16.2 Å². The number of rotatable bonds is 3. The molecule has 0 unspecified atom stereocenters. The van der Waals surface area contributed by atoms with Gasteiger partial charge in [0, 0.05) is 16.2 Å². The zero-order chi connectivity index (χ0) is 8.27. The molecule has 0 bridgehead atoms. The highest BCUT2D eigenvalue weighted by Gasteiger charge is 1.96. The molecule has 11 heavy (non-hydrogen) atoms. The monoisotopic (exact) mass is 185 g/mol. The molecule has 0 saturated heterocycles. The molecule has 0 atom stereocenters. The van der Waals surface area contributed by atoms with E-state index in [-0.39, 0.29) is 0 Å². The minimum atomic E-state index is 0.607. The Balaban J connectivity index is 2.45. The summed E-state index contributed by atoms with van der Waals surface area (Å²) in [6.07, 6.45) is 1.82. The SMILES string of the molecule is Cc1ccc(CCC(N)=S)s1. The van der Waals surface area contributed by atoms with E-state index in [9.17, 15) is 0 Å². The highest BCUT2D eigenvalue weighted by molar-refractivity contribution is 7.80. The lowest BCUT2D eigenvalue weighted by molar-refractivity contribution is 1.07. The minimum Gasteiger partial charge on any atom is -0.393 e. The van der Waals surface area contributed by atoms with Crippen LogP contribution in [0.15, 0.2) is 12.1 Å². The molecule has 1 nitrogen and oxygen atoms in total. The largest absolute Gasteiger partial charge is 0.393 e. The molecule has 1 aromatic rings. The van der Waals surface area contributed by atoms with Gasteiger partial charge in [0.2, 0.25) is 0 Å². The Bertz CT molecular complexity index is 252. The second-order valence-corrected chi connectivity index (χ2v) is 4.38. The molecule has 0 fully saturated rings. The number of aryl methyl sites for hydroxylation is 2. The molecule has 0 aliphatic heterocycles. The van der Waals surface area contributed by atoms with Crippen molar-refractivity contribution < 1.29 is 0 Å². The molecule has 1 heterocycles. The molecule has 0 aliphatic rings. The Hall–Kier alpha value is -0.410. The second-order valence-electron chi connectivity index (χ2n) is 2.48. The maximum atomic E-state index is 5.38. The van der Waals surface area contributed by atoms with Crippen LogP contribution in [-0.4, -0.2) is 4.99 Å². The van der Waals surface area contributed by atoms with Crippen molar-refractivity contribution in [1.82, 2.24) is 0 Å². The van der Waals surface area contributed by atoms with Crippen LogP contribution in [0.2, 0.25) is 0 Å². The van der Waals surface area contributed by atoms with E-state index in [1.165, 1.54) is 9.75 Å². The van der Waals surface area contributed by atoms with E-state index in [4.69, 9.17) is 18.0 Å². The summed E-state index contributed by atoms with van der Waals surface area (Å²) < 4.78 is 0. The predicted octanol–water partition coefficient (Wildman–Crippen LogP) is 2.28. The zero-order valence-electron chi connectivity index (χ0n) is 6.46. The Morgan fingerprint density at radius 1 is 1.64 bits per heavy atom. The first-order valence-electron chi connectivity index (χ1n) is 3.52. The Labute approximate surface area is 76.2 Å². The molecule has 1 aromatic heterocycles. The van der Waals surface area contributed by atoms with Gasteiger partial charge in [-0.2, -0.15) is 0 Å². The van der Waals surface area contributed by atoms with Crippen LogP contribution in [0.5, 0.6) is 0 Å². The minimum absolute atomic E-state index is 0.607. The van der Waals surface area contributed by atoms with Gasteiger partial charge in [-0.3, -0.25) is 0 Å². The number of hydrogen-bond acceptors (Lipinski definition) is 2. The van der Waals surface area contributed by atoms with Crippen LogP contribution >= 0.6 is 23.6 Å². The molecule has 0 aromatic carbocycles. The lowest BCUT2D eigenvalue weighted by Crippen LogP contribution is -2.07. The normalized spacial score (nSPS) is 9.91. The van der Waals surface area contributed by atoms with Gasteiger partial charge in [-0.25, -0.2) is 0 Å². The van der Waals surface area contributed by atoms with Crippen molar-refractivity contribution in [1.29, 1.82) is 0 Å². The molecule has 1 rings (SSSR count). The number of thiocarbonyl (C=S) groups is 1. The molecule has 2 N–H and O–H groups in total. The van der Waals surface area contributed by atoms with Gasteiger partial charge in [-0.1, -0.05) is 12.2 Å². The van der Waals surface area contributed by atoms with Crippen molar-refractivity contribution in [2.45, 2.75) is 19.8 Å². The van der Waals surface area contributed by atoms with E-state index in [2.05, 4.69) is 19.1 Å². The van der Waals surface area contributed by atoms with Gasteiger partial charge in [0.15, 0.2) is 0 Å². The van der Waals surface area contributed by atoms with E-state index in [0.717, 1.165) is 12.8 Å². The quantitative estimate of drug-likeness (QED) is 0.731. The van der Waals surface area contributed by atoms with E-state index in [1.54, 1.807) is 0 Å². The highest BCUT2D eigenvalue weighted by Crippen LogP contribution is 2.16. The average molecular weight is 185 g/mol. The fraction of sp³-hybridized carbons (Fsp3) is 0.375. The van der Waals surface area contributed by atoms with Crippen molar-refractivity contribution in [2.75, 3.05) is 0 Å². The first-order chi connectivity index (χ1) is 5.18. The lowest BCUT2D eigenvalue weighted by atomic mass is 10.3. The van der Waals surface area contributed by atoms with Crippen molar-refractivity contribution in [3.63, 3.8) is 0 Å². The Kier molecular flexibility index (Phi) is 3.02. The topological polar surface area (TPSA) is 26.0 Å². The molecule has 0 aliphatic carbocycles. The van der Waals surface area contributed by atoms with Gasteiger partial charge < -0.3 is 5.73 Å². The first kappa shape index (κ1) is 8.68. The second kappa shape index (κ2) is 3.83. The van der Waals surface area contributed by atoms with Crippen LogP contribution in [0.25, 0.3) is 0 Å². The highest BCUT2D eigenvalue weighted by atomic mass is 32.1. The van der Waals surface area contributed by atoms with Gasteiger partial charge in [0.1, 0.15) is 0 Å². The predicted molar refractivity (Wildman–Crippen MR) is 54.2 cm³/mol. The third-order valence-electron chi connectivity index (χ3n) is 1.41. The summed E-state index contributed by atoms with van der Waals surface area (Å²) in [5.41, 5.74) is 5.38. The summed E-state index contributed by atoms with van der Waals surface area (Å²) in [5, 5.41) is 0. The zero-order valence-corrected chi connectivity index (χ0v) is 8.10. The summed E-state index contributed by atoms with van der Waals surface area (Å²) in [7, 11) is 0. The van der Waals surface area contributed by atoms with E-state index in [1.807, 2.05) is 11.3 Å². The van der Waals surface area contributed by atoms with Gasteiger partial charge >= 0.3 is 0 Å². The van der Waals surface area contributed by atoms with Crippen molar-refractivity contribution in [3.8, 4) is 0 Å². The van der Waals surface area contributed by atoms with Gasteiger partial charge in [-0.15, -0.1) is 11.3 Å². The van der Waals surface area contributed by atoms with Crippen LogP contribution in [0.4, 0.5) is 0 Å². The fourth-order valence-corrected chi connectivity index (χ4v) is 1.86. The maximum Gasteiger partial charge on any atom is 0.0730 e. The molecule has 0 radical (unpaired) electrons. The lowest BCUT2D eigenvalue weighted by Gasteiger charge is -1.93. The molecular weight excluding hydrogens is 174 g/mol. The Morgan fingerprint density at radius 3 is 2.82 bits per heavy atom. The molecular formula is C8H11NS2. The smallest absolute Gasteiger partial charge is 0.0730 e.